The predicted molar refractivity (Wildman–Crippen MR) is 117 cm³/mol. The number of anilines is 2. The number of pyridine rings is 1. The van der Waals surface area contributed by atoms with Gasteiger partial charge in [-0.2, -0.15) is 0 Å². The number of aryl methyl sites for hydroxylation is 1. The molecule has 1 aromatic heterocycles. The lowest BCUT2D eigenvalue weighted by molar-refractivity contribution is 0.143. The van der Waals surface area contributed by atoms with Gasteiger partial charge in [-0.1, -0.05) is 0 Å². The highest BCUT2D eigenvalue weighted by Crippen LogP contribution is 2.49. The zero-order valence-electron chi connectivity index (χ0n) is 17.8. The first kappa shape index (κ1) is 21.0. The number of carboxylic acid groups (broad SMARTS) is 1. The lowest BCUT2D eigenvalue weighted by atomic mass is 9.88. The summed E-state index contributed by atoms with van der Waals surface area (Å²) >= 11 is 0. The van der Waals surface area contributed by atoms with Crippen LogP contribution in [0.2, 0.25) is 0 Å². The largest absolute Gasteiger partial charge is 0.511 e. The van der Waals surface area contributed by atoms with Gasteiger partial charge in [0.15, 0.2) is 11.6 Å². The Hall–Kier alpha value is -2.85. The molecule has 2 saturated carbocycles. The first-order valence-electron chi connectivity index (χ1n) is 10.9. The molecule has 1 aromatic carbocycles. The number of fused-ring (bicyclic) bond motifs is 1. The number of hydrogen-bond acceptors (Lipinski definition) is 7. The summed E-state index contributed by atoms with van der Waals surface area (Å²) in [6, 6.07) is 0.0564. The number of benzene rings is 1. The zero-order valence-corrected chi connectivity index (χ0v) is 17.8. The topological polar surface area (TPSA) is 144 Å². The van der Waals surface area contributed by atoms with Gasteiger partial charge in [0, 0.05) is 43.1 Å². The van der Waals surface area contributed by atoms with Crippen molar-refractivity contribution in [3.63, 3.8) is 0 Å². The molecule has 3 fully saturated rings. The lowest BCUT2D eigenvalue weighted by Gasteiger charge is -2.26. The van der Waals surface area contributed by atoms with Crippen molar-refractivity contribution in [2.24, 2.45) is 17.6 Å². The SMILES string of the molecule is Cc1c(N2C[C@H](CO)[C@H](C3(N)CC3)C2)c(F)c(N)c2c(=O)c(OC(=O)O)cn(C3CC3)c12. The first-order chi connectivity index (χ1) is 15.2. The van der Waals surface area contributed by atoms with Gasteiger partial charge in [0.1, 0.15) is 0 Å². The first-order valence-corrected chi connectivity index (χ1v) is 10.9. The van der Waals surface area contributed by atoms with E-state index in [1.807, 2.05) is 4.90 Å². The molecule has 0 amide bonds. The molecule has 9 nitrogen and oxygen atoms in total. The standard InChI is InChI=1S/C22H27FN4O5/c1-10-18-15(20(29)14(32-21(30)31)8-27(18)12-2-3-12)17(24)16(23)19(10)26-6-11(9-28)13(7-26)22(25)4-5-22/h8,11-13,28H,2-7,9,24-25H2,1H3,(H,30,31)/t11-,13-/m1/s1. The number of halogens is 1. The van der Waals surface area contributed by atoms with E-state index in [4.69, 9.17) is 16.6 Å². The normalized spacial score (nSPS) is 24.2. The Morgan fingerprint density at radius 2 is 2.03 bits per heavy atom. The van der Waals surface area contributed by atoms with Crippen molar-refractivity contribution in [1.82, 2.24) is 4.57 Å². The number of ether oxygens (including phenoxy) is 1. The van der Waals surface area contributed by atoms with Crippen LogP contribution in [-0.4, -0.2) is 46.2 Å². The highest BCUT2D eigenvalue weighted by atomic mass is 19.1. The Morgan fingerprint density at radius 3 is 2.59 bits per heavy atom. The van der Waals surface area contributed by atoms with Crippen LogP contribution in [0.25, 0.3) is 10.9 Å². The van der Waals surface area contributed by atoms with Crippen LogP contribution in [-0.2, 0) is 0 Å². The van der Waals surface area contributed by atoms with Gasteiger partial charge >= 0.3 is 6.16 Å². The molecule has 6 N–H and O–H groups in total. The van der Waals surface area contributed by atoms with Gasteiger partial charge in [-0.15, -0.1) is 0 Å². The van der Waals surface area contributed by atoms with Gasteiger partial charge in [-0.3, -0.25) is 4.79 Å². The molecule has 10 heteroatoms. The zero-order chi connectivity index (χ0) is 22.9. The predicted octanol–water partition coefficient (Wildman–Crippen LogP) is 1.96. The summed E-state index contributed by atoms with van der Waals surface area (Å²) in [5.41, 5.74) is 12.5. The second-order valence-electron chi connectivity index (χ2n) is 9.44. The third-order valence-corrected chi connectivity index (χ3v) is 7.32. The van der Waals surface area contributed by atoms with E-state index in [0.717, 1.165) is 25.7 Å². The van der Waals surface area contributed by atoms with Crippen LogP contribution < -0.4 is 26.5 Å². The maximum absolute atomic E-state index is 15.7. The lowest BCUT2D eigenvalue weighted by Crippen LogP contribution is -2.38. The van der Waals surface area contributed by atoms with Gasteiger partial charge in [0.05, 0.1) is 28.5 Å². The van der Waals surface area contributed by atoms with Crippen LogP contribution >= 0.6 is 0 Å². The quantitative estimate of drug-likeness (QED) is 0.403. The number of aliphatic hydroxyl groups excluding tert-OH is 1. The Kier molecular flexibility index (Phi) is 4.65. The number of carbonyl (C=O) groups is 1. The maximum atomic E-state index is 15.7. The molecular formula is C22H27FN4O5. The molecule has 1 aliphatic heterocycles. The van der Waals surface area contributed by atoms with Gasteiger partial charge in [-0.25, -0.2) is 9.18 Å². The Bertz CT molecular complexity index is 1190. The van der Waals surface area contributed by atoms with E-state index < -0.39 is 23.2 Å². The molecule has 2 aromatic rings. The van der Waals surface area contributed by atoms with E-state index in [-0.39, 0.29) is 41.1 Å². The van der Waals surface area contributed by atoms with Crippen molar-refractivity contribution in [2.45, 2.75) is 44.2 Å². The van der Waals surface area contributed by atoms with Crippen molar-refractivity contribution >= 4 is 28.4 Å². The molecule has 2 atom stereocenters. The Labute approximate surface area is 183 Å². The maximum Gasteiger partial charge on any atom is 0.511 e. The van der Waals surface area contributed by atoms with E-state index in [2.05, 4.69) is 4.74 Å². The number of nitrogens with zero attached hydrogens (tertiary/aromatic N) is 2. The van der Waals surface area contributed by atoms with Crippen molar-refractivity contribution in [3.05, 3.63) is 27.8 Å². The second kappa shape index (κ2) is 7.08. The third-order valence-electron chi connectivity index (χ3n) is 7.32. The van der Waals surface area contributed by atoms with Crippen LogP contribution in [0.3, 0.4) is 0 Å². The fourth-order valence-corrected chi connectivity index (χ4v) is 5.34. The minimum Gasteiger partial charge on any atom is -0.449 e. The summed E-state index contributed by atoms with van der Waals surface area (Å²) < 4.78 is 22.1. The number of nitrogens with two attached hydrogens (primary N) is 2. The third kappa shape index (κ3) is 3.12. The minimum absolute atomic E-state index is 0.0352. The average Bonchev–Trinajstić information content (AvgIpc) is 3.67. The molecule has 0 spiro atoms. The number of nitrogen functional groups attached to an aromatic ring is 1. The summed E-state index contributed by atoms with van der Waals surface area (Å²) in [6.45, 7) is 2.65. The molecule has 5 rings (SSSR count). The summed E-state index contributed by atoms with van der Waals surface area (Å²) in [6.07, 6.45) is 3.24. The fraction of sp³-hybridized carbons (Fsp3) is 0.545. The second-order valence-corrected chi connectivity index (χ2v) is 9.44. The smallest absolute Gasteiger partial charge is 0.449 e. The van der Waals surface area contributed by atoms with Crippen molar-refractivity contribution in [3.8, 4) is 5.75 Å². The molecule has 2 aliphatic carbocycles. The van der Waals surface area contributed by atoms with Gasteiger partial charge in [0.25, 0.3) is 0 Å². The number of hydrogen-bond donors (Lipinski definition) is 4. The molecule has 1 saturated heterocycles. The Balaban J connectivity index is 1.70. The summed E-state index contributed by atoms with van der Waals surface area (Å²) in [7, 11) is 0. The van der Waals surface area contributed by atoms with E-state index in [1.165, 1.54) is 6.20 Å². The van der Waals surface area contributed by atoms with Crippen LogP contribution in [0.15, 0.2) is 11.0 Å². The van der Waals surface area contributed by atoms with Gasteiger partial charge in [-0.05, 0) is 38.2 Å². The molecule has 3 aliphatic rings. The van der Waals surface area contributed by atoms with Crippen LogP contribution in [0.5, 0.6) is 5.75 Å². The highest BCUT2D eigenvalue weighted by molar-refractivity contribution is 5.98. The summed E-state index contributed by atoms with van der Waals surface area (Å²) in [4.78, 5) is 25.9. The molecule has 0 unspecified atom stereocenters. The number of rotatable bonds is 5. The van der Waals surface area contributed by atoms with E-state index in [0.29, 0.717) is 29.9 Å². The summed E-state index contributed by atoms with van der Waals surface area (Å²) in [5.74, 6) is -1.15. The molecule has 0 radical (unpaired) electrons. The average molecular weight is 446 g/mol. The highest BCUT2D eigenvalue weighted by Gasteiger charge is 2.52. The molecule has 0 bridgehead atoms. The molecular weight excluding hydrogens is 419 g/mol. The monoisotopic (exact) mass is 446 g/mol. The molecule has 2 heterocycles. The van der Waals surface area contributed by atoms with Gasteiger partial charge < -0.3 is 35.9 Å². The Morgan fingerprint density at radius 1 is 1.34 bits per heavy atom. The molecule has 172 valence electrons. The van der Waals surface area contributed by atoms with E-state index >= 15 is 4.39 Å². The van der Waals surface area contributed by atoms with Gasteiger partial charge in [0.2, 0.25) is 5.43 Å². The van der Waals surface area contributed by atoms with E-state index in [1.54, 1.807) is 11.5 Å². The van der Waals surface area contributed by atoms with Crippen molar-refractivity contribution in [1.29, 1.82) is 0 Å². The minimum atomic E-state index is -1.62. The fourth-order valence-electron chi connectivity index (χ4n) is 5.34. The van der Waals surface area contributed by atoms with Crippen LogP contribution in [0.1, 0.15) is 37.3 Å². The summed E-state index contributed by atoms with van der Waals surface area (Å²) in [5, 5.41) is 18.9. The van der Waals surface area contributed by atoms with Crippen LogP contribution in [0, 0.1) is 24.6 Å². The van der Waals surface area contributed by atoms with Crippen LogP contribution in [0.4, 0.5) is 20.6 Å². The van der Waals surface area contributed by atoms with Crippen molar-refractivity contribution < 1.29 is 24.1 Å². The van der Waals surface area contributed by atoms with E-state index in [9.17, 15) is 14.7 Å². The molecule has 32 heavy (non-hydrogen) atoms. The van der Waals surface area contributed by atoms with Crippen molar-refractivity contribution in [2.75, 3.05) is 30.3 Å². The number of aromatic nitrogens is 1. The number of aliphatic hydroxyl groups is 1.